The molecule has 1 fully saturated rings. The van der Waals surface area contributed by atoms with Crippen molar-refractivity contribution in [1.82, 2.24) is 10.6 Å². The number of hydrogen-bond acceptors (Lipinski definition) is 3. The van der Waals surface area contributed by atoms with Gasteiger partial charge in [-0.2, -0.15) is 5.26 Å². The van der Waals surface area contributed by atoms with Crippen molar-refractivity contribution in [3.05, 3.63) is 0 Å². The minimum Gasteiger partial charge on any atom is -0.356 e. The molecule has 0 spiro atoms. The summed E-state index contributed by atoms with van der Waals surface area (Å²) in [5.74, 6) is -0.0521. The van der Waals surface area contributed by atoms with Crippen molar-refractivity contribution in [1.29, 1.82) is 5.26 Å². The molecule has 88 valence electrons. The highest BCUT2D eigenvalue weighted by Gasteiger charge is 2.23. The molecule has 0 aromatic heterocycles. The van der Waals surface area contributed by atoms with Crippen molar-refractivity contribution in [3.8, 4) is 6.07 Å². The van der Waals surface area contributed by atoms with Crippen LogP contribution in [0.3, 0.4) is 0 Å². The van der Waals surface area contributed by atoms with E-state index in [2.05, 4.69) is 16.7 Å². The summed E-state index contributed by atoms with van der Waals surface area (Å²) in [6, 6.07) is 2.06. The fourth-order valence-corrected chi connectivity index (χ4v) is 1.64. The number of nitrogens with one attached hydrogen (secondary N) is 2. The normalized spacial score (nSPS) is 19.7. The zero-order chi connectivity index (χ0) is 11.8. The van der Waals surface area contributed by atoms with E-state index in [4.69, 9.17) is 5.26 Å². The molecule has 0 aromatic rings. The second-order valence-electron chi connectivity index (χ2n) is 3.95. The minimum atomic E-state index is -0.0892. The smallest absolute Gasteiger partial charge is 0.224 e. The quantitative estimate of drug-likeness (QED) is 0.659. The zero-order valence-electron chi connectivity index (χ0n) is 9.29. The Balaban J connectivity index is 2.11. The number of amides is 2. The zero-order valence-corrected chi connectivity index (χ0v) is 9.29. The van der Waals surface area contributed by atoms with Crippen LogP contribution < -0.4 is 10.6 Å². The number of carbonyl (C=O) groups is 2. The molecule has 1 saturated heterocycles. The van der Waals surface area contributed by atoms with E-state index in [9.17, 15) is 9.59 Å². The van der Waals surface area contributed by atoms with Gasteiger partial charge in [-0.1, -0.05) is 0 Å². The number of nitrogens with zero attached hydrogens (tertiary/aromatic N) is 1. The lowest BCUT2D eigenvalue weighted by Crippen LogP contribution is -2.43. The molecule has 1 aliphatic rings. The van der Waals surface area contributed by atoms with Gasteiger partial charge in [0, 0.05) is 25.9 Å². The van der Waals surface area contributed by atoms with Crippen LogP contribution in [0.2, 0.25) is 0 Å². The Hall–Kier alpha value is -1.57. The van der Waals surface area contributed by atoms with Crippen molar-refractivity contribution in [2.45, 2.75) is 32.1 Å². The summed E-state index contributed by atoms with van der Waals surface area (Å²) in [6.45, 7) is 1.06. The van der Waals surface area contributed by atoms with Gasteiger partial charge < -0.3 is 10.6 Å². The fraction of sp³-hybridized carbons (Fsp3) is 0.727. The van der Waals surface area contributed by atoms with Crippen LogP contribution in [0.15, 0.2) is 0 Å². The maximum Gasteiger partial charge on any atom is 0.224 e. The number of carbonyl (C=O) groups excluding carboxylic acids is 2. The second-order valence-corrected chi connectivity index (χ2v) is 3.95. The molecule has 2 N–H and O–H groups in total. The van der Waals surface area contributed by atoms with Crippen LogP contribution in [0.5, 0.6) is 0 Å². The molecule has 1 atom stereocenters. The van der Waals surface area contributed by atoms with Gasteiger partial charge in [0.2, 0.25) is 11.8 Å². The Morgan fingerprint density at radius 2 is 2.38 bits per heavy atom. The van der Waals surface area contributed by atoms with Crippen LogP contribution in [0.1, 0.15) is 32.1 Å². The third kappa shape index (κ3) is 4.30. The Kier molecular flexibility index (Phi) is 5.34. The first-order valence-corrected chi connectivity index (χ1v) is 5.65. The van der Waals surface area contributed by atoms with E-state index in [0.29, 0.717) is 32.4 Å². The first-order valence-electron chi connectivity index (χ1n) is 5.65. The number of hydrogen-bond donors (Lipinski definition) is 2. The fourth-order valence-electron chi connectivity index (χ4n) is 1.64. The molecule has 2 amide bonds. The van der Waals surface area contributed by atoms with E-state index in [1.165, 1.54) is 0 Å². The molecule has 5 heteroatoms. The number of unbranched alkanes of at least 4 members (excludes halogenated alkanes) is 2. The van der Waals surface area contributed by atoms with Crippen molar-refractivity contribution in [2.75, 3.05) is 13.1 Å². The van der Waals surface area contributed by atoms with E-state index in [0.717, 1.165) is 12.8 Å². The molecule has 1 rings (SSSR count). The number of piperidine rings is 1. The molecule has 0 radical (unpaired) electrons. The van der Waals surface area contributed by atoms with Gasteiger partial charge >= 0.3 is 0 Å². The monoisotopic (exact) mass is 223 g/mol. The van der Waals surface area contributed by atoms with Gasteiger partial charge in [-0.3, -0.25) is 9.59 Å². The van der Waals surface area contributed by atoms with E-state index in [1.807, 2.05) is 0 Å². The van der Waals surface area contributed by atoms with Crippen LogP contribution in [0.25, 0.3) is 0 Å². The van der Waals surface area contributed by atoms with Gasteiger partial charge in [0.25, 0.3) is 0 Å². The van der Waals surface area contributed by atoms with Gasteiger partial charge in [-0.05, 0) is 19.3 Å². The molecule has 0 bridgehead atoms. The first-order chi connectivity index (χ1) is 7.74. The third-order valence-corrected chi connectivity index (χ3v) is 2.65. The molecule has 1 aliphatic heterocycles. The van der Waals surface area contributed by atoms with Gasteiger partial charge in [0.1, 0.15) is 0 Å². The van der Waals surface area contributed by atoms with Gasteiger partial charge in [-0.15, -0.1) is 0 Å². The first kappa shape index (κ1) is 12.5. The Labute approximate surface area is 95.2 Å². The molecule has 1 heterocycles. The highest BCUT2D eigenvalue weighted by atomic mass is 16.2. The van der Waals surface area contributed by atoms with Gasteiger partial charge in [0.15, 0.2) is 0 Å². The average Bonchev–Trinajstić information content (AvgIpc) is 2.29. The molecule has 0 aromatic carbocycles. The van der Waals surface area contributed by atoms with E-state index >= 15 is 0 Å². The molecule has 5 nitrogen and oxygen atoms in total. The molecular formula is C11H17N3O2. The highest BCUT2D eigenvalue weighted by molar-refractivity contribution is 5.83. The highest BCUT2D eigenvalue weighted by Crippen LogP contribution is 2.10. The maximum atomic E-state index is 11.6. The average molecular weight is 223 g/mol. The van der Waals surface area contributed by atoms with Crippen LogP contribution in [0, 0.1) is 17.2 Å². The minimum absolute atomic E-state index is 0.0111. The summed E-state index contributed by atoms with van der Waals surface area (Å²) in [4.78, 5) is 22.5. The maximum absolute atomic E-state index is 11.6. The van der Waals surface area contributed by atoms with Gasteiger partial charge in [0.05, 0.1) is 12.0 Å². The lowest BCUT2D eigenvalue weighted by Gasteiger charge is -2.21. The number of nitriles is 1. The van der Waals surface area contributed by atoms with E-state index < -0.39 is 0 Å². The van der Waals surface area contributed by atoms with E-state index in [-0.39, 0.29) is 17.7 Å². The summed E-state index contributed by atoms with van der Waals surface area (Å²) < 4.78 is 0. The Morgan fingerprint density at radius 1 is 1.56 bits per heavy atom. The molecule has 0 saturated carbocycles. The van der Waals surface area contributed by atoms with Crippen LogP contribution in [0.4, 0.5) is 0 Å². The van der Waals surface area contributed by atoms with Crippen LogP contribution >= 0.6 is 0 Å². The standard InChI is InChI=1S/C11H17N3O2/c12-6-2-1-3-7-13-11(16)9-4-5-10(15)14-8-9/h9H,1-5,7-8H2,(H,13,16)(H,14,15). The summed E-state index contributed by atoms with van der Waals surface area (Å²) in [7, 11) is 0. The summed E-state index contributed by atoms with van der Waals surface area (Å²) >= 11 is 0. The van der Waals surface area contributed by atoms with Crippen molar-refractivity contribution in [2.24, 2.45) is 5.92 Å². The van der Waals surface area contributed by atoms with E-state index in [1.54, 1.807) is 0 Å². The Morgan fingerprint density at radius 3 is 3.00 bits per heavy atom. The topological polar surface area (TPSA) is 82.0 Å². The van der Waals surface area contributed by atoms with Crippen LogP contribution in [-0.4, -0.2) is 24.9 Å². The van der Waals surface area contributed by atoms with Crippen molar-refractivity contribution < 1.29 is 9.59 Å². The lowest BCUT2D eigenvalue weighted by atomic mass is 9.98. The van der Waals surface area contributed by atoms with Crippen molar-refractivity contribution >= 4 is 11.8 Å². The molecule has 1 unspecified atom stereocenters. The second kappa shape index (κ2) is 6.83. The predicted octanol–water partition coefficient (Wildman–Crippen LogP) is 0.323. The molecule has 16 heavy (non-hydrogen) atoms. The SMILES string of the molecule is N#CCCCCNC(=O)C1CCC(=O)NC1. The van der Waals surface area contributed by atoms with Gasteiger partial charge in [-0.25, -0.2) is 0 Å². The largest absolute Gasteiger partial charge is 0.356 e. The molecule has 0 aliphatic carbocycles. The summed E-state index contributed by atoms with van der Waals surface area (Å²) in [5.41, 5.74) is 0. The summed E-state index contributed by atoms with van der Waals surface area (Å²) in [6.07, 6.45) is 3.26. The summed E-state index contributed by atoms with van der Waals surface area (Å²) in [5, 5.41) is 13.8. The Bertz CT molecular complexity index is 286. The third-order valence-electron chi connectivity index (χ3n) is 2.65. The lowest BCUT2D eigenvalue weighted by molar-refractivity contribution is -0.128. The van der Waals surface area contributed by atoms with Crippen LogP contribution in [-0.2, 0) is 9.59 Å². The predicted molar refractivity (Wildman–Crippen MR) is 58.2 cm³/mol. The molecular weight excluding hydrogens is 206 g/mol. The van der Waals surface area contributed by atoms with Crippen molar-refractivity contribution in [3.63, 3.8) is 0 Å². The number of rotatable bonds is 5.